The van der Waals surface area contributed by atoms with Crippen molar-refractivity contribution in [1.29, 1.82) is 0 Å². The average Bonchev–Trinajstić information content (AvgIpc) is 2.40. The molecule has 0 bridgehead atoms. The topological polar surface area (TPSA) is 15.3 Å². The van der Waals surface area contributed by atoms with E-state index in [4.69, 9.17) is 0 Å². The number of rotatable bonds is 5. The molecule has 2 rings (SSSR count). The van der Waals surface area contributed by atoms with Crippen LogP contribution in [-0.2, 0) is 6.42 Å². The van der Waals surface area contributed by atoms with E-state index in [-0.39, 0.29) is 0 Å². The van der Waals surface area contributed by atoms with E-state index in [1.807, 2.05) is 0 Å². The van der Waals surface area contributed by atoms with E-state index in [0.29, 0.717) is 12.1 Å². The summed E-state index contributed by atoms with van der Waals surface area (Å²) in [4.78, 5) is 2.69. The summed E-state index contributed by atoms with van der Waals surface area (Å²) < 4.78 is 0. The molecule has 1 aromatic rings. The van der Waals surface area contributed by atoms with Crippen molar-refractivity contribution >= 4 is 0 Å². The lowest BCUT2D eigenvalue weighted by atomic mass is 10.00. The Hall–Kier alpha value is -0.860. The van der Waals surface area contributed by atoms with Crippen molar-refractivity contribution in [2.45, 2.75) is 45.7 Å². The Labute approximate surface area is 118 Å². The molecule has 0 amide bonds. The molecule has 1 aromatic carbocycles. The predicted molar refractivity (Wildman–Crippen MR) is 82.4 cm³/mol. The monoisotopic (exact) mass is 260 g/mol. The van der Waals surface area contributed by atoms with Crippen LogP contribution in [0.15, 0.2) is 30.3 Å². The molecule has 2 nitrogen and oxygen atoms in total. The molecule has 0 saturated carbocycles. The van der Waals surface area contributed by atoms with Crippen molar-refractivity contribution < 1.29 is 0 Å². The minimum Gasteiger partial charge on any atom is -0.311 e. The molecule has 1 heterocycles. The van der Waals surface area contributed by atoms with Crippen LogP contribution in [0.3, 0.4) is 0 Å². The largest absolute Gasteiger partial charge is 0.311 e. The lowest BCUT2D eigenvalue weighted by Gasteiger charge is -2.40. The number of hydrogen-bond acceptors (Lipinski definition) is 2. The van der Waals surface area contributed by atoms with Crippen molar-refractivity contribution in [2.24, 2.45) is 5.92 Å². The summed E-state index contributed by atoms with van der Waals surface area (Å²) in [7, 11) is 0. The molecule has 1 aliphatic rings. The minimum absolute atomic E-state index is 0.624. The van der Waals surface area contributed by atoms with Crippen LogP contribution in [0.1, 0.15) is 32.8 Å². The second-order valence-corrected chi connectivity index (χ2v) is 6.33. The molecule has 19 heavy (non-hydrogen) atoms. The van der Waals surface area contributed by atoms with Gasteiger partial charge in [0.2, 0.25) is 0 Å². The Morgan fingerprint density at radius 1 is 1.26 bits per heavy atom. The highest BCUT2D eigenvalue weighted by molar-refractivity contribution is 5.16. The number of hydrogen-bond donors (Lipinski definition) is 1. The fourth-order valence-corrected chi connectivity index (χ4v) is 2.82. The SMILES string of the molecule is CC(C)CCN1CC(C)NCC1Cc1ccccc1. The maximum Gasteiger partial charge on any atom is 0.0261 e. The molecule has 0 spiro atoms. The van der Waals surface area contributed by atoms with Crippen molar-refractivity contribution in [1.82, 2.24) is 10.2 Å². The first kappa shape index (κ1) is 14.5. The van der Waals surface area contributed by atoms with Gasteiger partial charge in [-0.25, -0.2) is 0 Å². The van der Waals surface area contributed by atoms with Gasteiger partial charge in [-0.15, -0.1) is 0 Å². The molecular weight excluding hydrogens is 232 g/mol. The van der Waals surface area contributed by atoms with Crippen LogP contribution in [0.2, 0.25) is 0 Å². The standard InChI is InChI=1S/C17H28N2/c1-14(2)9-10-19-13-15(3)18-12-17(19)11-16-7-5-4-6-8-16/h4-8,14-15,17-18H,9-13H2,1-3H3. The molecule has 2 heteroatoms. The summed E-state index contributed by atoms with van der Waals surface area (Å²) in [6.07, 6.45) is 2.47. The van der Waals surface area contributed by atoms with Crippen molar-refractivity contribution in [2.75, 3.05) is 19.6 Å². The molecule has 1 fully saturated rings. The Kier molecular flexibility index (Phi) is 5.41. The third-order valence-electron chi connectivity index (χ3n) is 4.03. The van der Waals surface area contributed by atoms with E-state index in [2.05, 4.69) is 61.3 Å². The van der Waals surface area contributed by atoms with Crippen molar-refractivity contribution in [3.05, 3.63) is 35.9 Å². The smallest absolute Gasteiger partial charge is 0.0261 e. The van der Waals surface area contributed by atoms with Gasteiger partial charge < -0.3 is 5.32 Å². The molecule has 1 aliphatic heterocycles. The van der Waals surface area contributed by atoms with Crippen molar-refractivity contribution in [3.8, 4) is 0 Å². The van der Waals surface area contributed by atoms with Gasteiger partial charge in [0.15, 0.2) is 0 Å². The normalized spacial score (nSPS) is 24.8. The molecule has 2 atom stereocenters. The summed E-state index contributed by atoms with van der Waals surface area (Å²) in [6, 6.07) is 12.2. The van der Waals surface area contributed by atoms with Crippen LogP contribution in [0.4, 0.5) is 0 Å². The van der Waals surface area contributed by atoms with E-state index in [1.54, 1.807) is 0 Å². The highest BCUT2D eigenvalue weighted by Crippen LogP contribution is 2.15. The molecule has 0 radical (unpaired) electrons. The molecule has 1 N–H and O–H groups in total. The second kappa shape index (κ2) is 7.06. The summed E-state index contributed by atoms with van der Waals surface area (Å²) in [5.74, 6) is 0.794. The predicted octanol–water partition coefficient (Wildman–Crippen LogP) is 2.94. The highest BCUT2D eigenvalue weighted by atomic mass is 15.2. The summed E-state index contributed by atoms with van der Waals surface area (Å²) in [5.41, 5.74) is 1.46. The third-order valence-corrected chi connectivity index (χ3v) is 4.03. The molecule has 1 saturated heterocycles. The van der Waals surface area contributed by atoms with Gasteiger partial charge in [-0.1, -0.05) is 44.2 Å². The van der Waals surface area contributed by atoms with Crippen LogP contribution in [-0.4, -0.2) is 36.6 Å². The van der Waals surface area contributed by atoms with Crippen LogP contribution in [0.5, 0.6) is 0 Å². The van der Waals surface area contributed by atoms with E-state index in [0.717, 1.165) is 12.5 Å². The fraction of sp³-hybridized carbons (Fsp3) is 0.647. The number of benzene rings is 1. The highest BCUT2D eigenvalue weighted by Gasteiger charge is 2.25. The lowest BCUT2D eigenvalue weighted by Crippen LogP contribution is -2.56. The van der Waals surface area contributed by atoms with E-state index in [9.17, 15) is 0 Å². The summed E-state index contributed by atoms with van der Waals surface area (Å²) >= 11 is 0. The molecule has 106 valence electrons. The van der Waals surface area contributed by atoms with Gasteiger partial charge >= 0.3 is 0 Å². The van der Waals surface area contributed by atoms with E-state index < -0.39 is 0 Å². The summed E-state index contributed by atoms with van der Waals surface area (Å²) in [5, 5.41) is 3.63. The van der Waals surface area contributed by atoms with E-state index in [1.165, 1.54) is 31.5 Å². The van der Waals surface area contributed by atoms with Crippen molar-refractivity contribution in [3.63, 3.8) is 0 Å². The Morgan fingerprint density at radius 2 is 2.00 bits per heavy atom. The molecule has 0 aliphatic carbocycles. The van der Waals surface area contributed by atoms with Gasteiger partial charge in [-0.3, -0.25) is 4.90 Å². The van der Waals surface area contributed by atoms with Crippen LogP contribution in [0, 0.1) is 5.92 Å². The molecule has 0 aromatic heterocycles. The first-order valence-corrected chi connectivity index (χ1v) is 7.66. The first-order valence-electron chi connectivity index (χ1n) is 7.66. The fourth-order valence-electron chi connectivity index (χ4n) is 2.82. The zero-order valence-electron chi connectivity index (χ0n) is 12.6. The third kappa shape index (κ3) is 4.63. The van der Waals surface area contributed by atoms with Gasteiger partial charge in [0.05, 0.1) is 0 Å². The van der Waals surface area contributed by atoms with E-state index >= 15 is 0 Å². The Bertz CT molecular complexity index is 361. The maximum atomic E-state index is 3.63. The molecular formula is C17H28N2. The van der Waals surface area contributed by atoms with Gasteiger partial charge in [0.1, 0.15) is 0 Å². The second-order valence-electron chi connectivity index (χ2n) is 6.33. The van der Waals surface area contributed by atoms with Gasteiger partial charge in [-0.2, -0.15) is 0 Å². The van der Waals surface area contributed by atoms with Crippen LogP contribution >= 0.6 is 0 Å². The number of nitrogens with one attached hydrogen (secondary N) is 1. The van der Waals surface area contributed by atoms with Gasteiger partial charge in [-0.05, 0) is 37.8 Å². The Balaban J connectivity index is 1.95. The first-order chi connectivity index (χ1) is 9.15. The minimum atomic E-state index is 0.624. The van der Waals surface area contributed by atoms with Gasteiger partial charge in [0, 0.05) is 25.2 Å². The summed E-state index contributed by atoms with van der Waals surface area (Å²) in [6.45, 7) is 10.5. The maximum absolute atomic E-state index is 3.63. The average molecular weight is 260 g/mol. The Morgan fingerprint density at radius 3 is 2.68 bits per heavy atom. The number of piperazine rings is 1. The zero-order chi connectivity index (χ0) is 13.7. The lowest BCUT2D eigenvalue weighted by molar-refractivity contribution is 0.128. The molecule has 2 unspecified atom stereocenters. The van der Waals surface area contributed by atoms with Crippen LogP contribution < -0.4 is 5.32 Å². The van der Waals surface area contributed by atoms with Crippen LogP contribution in [0.25, 0.3) is 0 Å². The zero-order valence-corrected chi connectivity index (χ0v) is 12.6. The number of nitrogens with zero attached hydrogens (tertiary/aromatic N) is 1. The van der Waals surface area contributed by atoms with Gasteiger partial charge in [0.25, 0.3) is 0 Å². The quantitative estimate of drug-likeness (QED) is 0.875.